The lowest BCUT2D eigenvalue weighted by atomic mass is 10.0. The molecule has 0 aliphatic rings. The van der Waals surface area contributed by atoms with Crippen molar-refractivity contribution in [3.63, 3.8) is 0 Å². The first-order valence-corrected chi connectivity index (χ1v) is 10.4. The van der Waals surface area contributed by atoms with Crippen LogP contribution < -0.4 is 10.1 Å². The molecule has 0 radical (unpaired) electrons. The number of rotatable bonds is 8. The molecule has 3 aromatic carbocycles. The lowest BCUT2D eigenvalue weighted by Gasteiger charge is -2.17. The SMILES string of the molecule is O=C(N[C@@H](Cc1ccc(OCc2ccccc2)cc1)C(=O)O)c1cc(C(F)(F)F)cc(C(F)(F)F)c1. The molecule has 36 heavy (non-hydrogen) atoms. The van der Waals surface area contributed by atoms with Crippen LogP contribution in [-0.2, 0) is 30.2 Å². The number of nitrogens with one attached hydrogen (secondary N) is 1. The predicted molar refractivity (Wildman–Crippen MR) is 116 cm³/mol. The average Bonchev–Trinajstić information content (AvgIpc) is 2.82. The molecule has 0 fully saturated rings. The van der Waals surface area contributed by atoms with Gasteiger partial charge in [-0.3, -0.25) is 4.79 Å². The zero-order valence-corrected chi connectivity index (χ0v) is 18.4. The Labute approximate surface area is 201 Å². The van der Waals surface area contributed by atoms with Crippen molar-refractivity contribution in [3.05, 3.63) is 101 Å². The van der Waals surface area contributed by atoms with Crippen LogP contribution in [-0.4, -0.2) is 23.0 Å². The Morgan fingerprint density at radius 2 is 1.36 bits per heavy atom. The van der Waals surface area contributed by atoms with E-state index >= 15 is 0 Å². The van der Waals surface area contributed by atoms with Crippen molar-refractivity contribution in [2.24, 2.45) is 0 Å². The van der Waals surface area contributed by atoms with Gasteiger partial charge in [0.15, 0.2) is 0 Å². The molecule has 0 bridgehead atoms. The Bertz CT molecular complexity index is 1180. The zero-order chi connectivity index (χ0) is 26.5. The molecule has 1 amide bonds. The number of halogens is 6. The van der Waals surface area contributed by atoms with Gasteiger partial charge in [-0.2, -0.15) is 26.3 Å². The van der Waals surface area contributed by atoms with Crippen LogP contribution in [0.1, 0.15) is 32.6 Å². The number of ether oxygens (including phenoxy) is 1. The van der Waals surface area contributed by atoms with Gasteiger partial charge in [-0.05, 0) is 41.5 Å². The van der Waals surface area contributed by atoms with Crippen molar-refractivity contribution < 1.29 is 45.8 Å². The number of carbonyl (C=O) groups is 2. The molecular weight excluding hydrogens is 492 g/mol. The van der Waals surface area contributed by atoms with Crippen LogP contribution in [0.2, 0.25) is 0 Å². The van der Waals surface area contributed by atoms with Gasteiger partial charge in [0, 0.05) is 12.0 Å². The van der Waals surface area contributed by atoms with Gasteiger partial charge >= 0.3 is 18.3 Å². The van der Waals surface area contributed by atoms with Gasteiger partial charge < -0.3 is 15.2 Å². The first-order chi connectivity index (χ1) is 16.8. The minimum Gasteiger partial charge on any atom is -0.489 e. The number of benzene rings is 3. The summed E-state index contributed by atoms with van der Waals surface area (Å²) in [5, 5.41) is 11.5. The van der Waals surface area contributed by atoms with Crippen LogP contribution in [0.15, 0.2) is 72.8 Å². The summed E-state index contributed by atoms with van der Waals surface area (Å²) in [5.41, 5.74) is -2.96. The van der Waals surface area contributed by atoms with Gasteiger partial charge in [-0.1, -0.05) is 42.5 Å². The molecule has 0 aromatic heterocycles. The summed E-state index contributed by atoms with van der Waals surface area (Å²) in [6, 6.07) is 14.3. The van der Waals surface area contributed by atoms with E-state index in [1.807, 2.05) is 35.6 Å². The first kappa shape index (κ1) is 26.6. The second-order valence-corrected chi connectivity index (χ2v) is 7.78. The molecule has 3 rings (SSSR count). The van der Waals surface area contributed by atoms with Crippen LogP contribution in [0, 0.1) is 0 Å². The number of carbonyl (C=O) groups excluding carboxylic acids is 1. The summed E-state index contributed by atoms with van der Waals surface area (Å²) in [4.78, 5) is 24.1. The van der Waals surface area contributed by atoms with E-state index in [4.69, 9.17) is 4.74 Å². The molecule has 0 heterocycles. The number of hydrogen-bond acceptors (Lipinski definition) is 3. The predicted octanol–water partition coefficient (Wildman–Crippen LogP) is 5.73. The molecule has 0 aliphatic carbocycles. The Morgan fingerprint density at radius 1 is 0.806 bits per heavy atom. The van der Waals surface area contributed by atoms with Crippen molar-refractivity contribution in [3.8, 4) is 5.75 Å². The molecule has 5 nitrogen and oxygen atoms in total. The van der Waals surface area contributed by atoms with E-state index in [-0.39, 0.29) is 24.6 Å². The van der Waals surface area contributed by atoms with E-state index in [9.17, 15) is 41.0 Å². The van der Waals surface area contributed by atoms with Crippen LogP contribution in [0.4, 0.5) is 26.3 Å². The highest BCUT2D eigenvalue weighted by molar-refractivity contribution is 5.97. The average molecular weight is 511 g/mol. The van der Waals surface area contributed by atoms with Crippen LogP contribution in [0.5, 0.6) is 5.75 Å². The van der Waals surface area contributed by atoms with Crippen LogP contribution >= 0.6 is 0 Å². The van der Waals surface area contributed by atoms with Crippen LogP contribution in [0.25, 0.3) is 0 Å². The molecule has 190 valence electrons. The molecule has 2 N–H and O–H groups in total. The van der Waals surface area contributed by atoms with E-state index in [0.717, 1.165) is 5.56 Å². The highest BCUT2D eigenvalue weighted by atomic mass is 19.4. The van der Waals surface area contributed by atoms with E-state index in [1.165, 1.54) is 12.1 Å². The maximum Gasteiger partial charge on any atom is 0.416 e. The number of alkyl halides is 6. The Balaban J connectivity index is 1.72. The summed E-state index contributed by atoms with van der Waals surface area (Å²) in [6.07, 6.45) is -10.6. The molecule has 0 spiro atoms. The quantitative estimate of drug-likeness (QED) is 0.379. The van der Waals surface area contributed by atoms with Gasteiger partial charge in [0.1, 0.15) is 18.4 Å². The number of carboxylic acid groups (broad SMARTS) is 1. The topological polar surface area (TPSA) is 75.6 Å². The van der Waals surface area contributed by atoms with E-state index in [0.29, 0.717) is 17.9 Å². The normalized spacial score (nSPS) is 12.6. The fourth-order valence-corrected chi connectivity index (χ4v) is 3.23. The second kappa shape index (κ2) is 10.7. The van der Waals surface area contributed by atoms with E-state index < -0.39 is 47.0 Å². The Hall–Kier alpha value is -4.02. The molecule has 11 heteroatoms. The summed E-state index contributed by atoms with van der Waals surface area (Å²) in [6.45, 7) is 0.297. The minimum atomic E-state index is -5.15. The highest BCUT2D eigenvalue weighted by Crippen LogP contribution is 2.36. The molecule has 0 unspecified atom stereocenters. The van der Waals surface area contributed by atoms with Gasteiger partial charge in [0.25, 0.3) is 5.91 Å². The lowest BCUT2D eigenvalue weighted by Crippen LogP contribution is -2.42. The molecule has 0 aliphatic heterocycles. The third kappa shape index (κ3) is 7.24. The third-order valence-electron chi connectivity index (χ3n) is 5.06. The summed E-state index contributed by atoms with van der Waals surface area (Å²) in [5.74, 6) is -2.42. The van der Waals surface area contributed by atoms with Gasteiger partial charge in [-0.25, -0.2) is 4.79 Å². The maximum absolute atomic E-state index is 13.1. The Kier molecular flexibility index (Phi) is 7.91. The molecule has 0 saturated carbocycles. The third-order valence-corrected chi connectivity index (χ3v) is 5.06. The van der Waals surface area contributed by atoms with E-state index in [1.54, 1.807) is 12.1 Å². The number of amides is 1. The number of carboxylic acids is 1. The zero-order valence-electron chi connectivity index (χ0n) is 18.4. The molecule has 3 aromatic rings. The van der Waals surface area contributed by atoms with Crippen molar-refractivity contribution in [2.75, 3.05) is 0 Å². The summed E-state index contributed by atoms with van der Waals surface area (Å²) < 4.78 is 84.0. The van der Waals surface area contributed by atoms with Crippen molar-refractivity contribution in [1.82, 2.24) is 5.32 Å². The van der Waals surface area contributed by atoms with Gasteiger partial charge in [0.2, 0.25) is 0 Å². The number of hydrogen-bond donors (Lipinski definition) is 2. The summed E-state index contributed by atoms with van der Waals surface area (Å²) >= 11 is 0. The first-order valence-electron chi connectivity index (χ1n) is 10.4. The van der Waals surface area contributed by atoms with Crippen molar-refractivity contribution >= 4 is 11.9 Å². The fraction of sp³-hybridized carbons (Fsp3) is 0.200. The molecule has 0 saturated heterocycles. The Morgan fingerprint density at radius 3 is 1.86 bits per heavy atom. The highest BCUT2D eigenvalue weighted by Gasteiger charge is 2.37. The molecular formula is C25H19F6NO4. The van der Waals surface area contributed by atoms with Crippen LogP contribution in [0.3, 0.4) is 0 Å². The lowest BCUT2D eigenvalue weighted by molar-refractivity contribution is -0.143. The second-order valence-electron chi connectivity index (χ2n) is 7.78. The largest absolute Gasteiger partial charge is 0.489 e. The molecule has 1 atom stereocenters. The van der Waals surface area contributed by atoms with Gasteiger partial charge in [0.05, 0.1) is 11.1 Å². The van der Waals surface area contributed by atoms with Gasteiger partial charge in [-0.15, -0.1) is 0 Å². The maximum atomic E-state index is 13.1. The minimum absolute atomic E-state index is 0.118. The summed E-state index contributed by atoms with van der Waals surface area (Å²) in [7, 11) is 0. The standard InChI is InChI=1S/C25H19F6NO4/c26-24(27,28)18-11-17(12-19(13-18)25(29,30)31)22(33)32-21(23(34)35)10-15-6-8-20(9-7-15)36-14-16-4-2-1-3-5-16/h1-9,11-13,21H,10,14H2,(H,32,33)(H,34,35)/t21-/m0/s1. The fourth-order valence-electron chi connectivity index (χ4n) is 3.23. The van der Waals surface area contributed by atoms with Crippen molar-refractivity contribution in [2.45, 2.75) is 31.4 Å². The van der Waals surface area contributed by atoms with E-state index in [2.05, 4.69) is 0 Å². The number of aliphatic carboxylic acids is 1. The smallest absolute Gasteiger partial charge is 0.416 e. The van der Waals surface area contributed by atoms with Crippen molar-refractivity contribution in [1.29, 1.82) is 0 Å². The monoisotopic (exact) mass is 511 g/mol.